The van der Waals surface area contributed by atoms with E-state index in [9.17, 15) is 4.79 Å². The van der Waals surface area contributed by atoms with E-state index in [-0.39, 0.29) is 24.4 Å². The Bertz CT molecular complexity index is 612. The molecule has 1 fully saturated rings. The van der Waals surface area contributed by atoms with E-state index in [1.807, 2.05) is 18.2 Å². The number of hydrogen-bond acceptors (Lipinski definition) is 3. The highest BCUT2D eigenvalue weighted by molar-refractivity contribution is 5.85. The molecule has 2 aromatic carbocycles. The number of ether oxygens (including phenoxy) is 1. The first-order valence-electron chi connectivity index (χ1n) is 6.91. The molecule has 0 radical (unpaired) electrons. The Balaban J connectivity index is 0.00000161. The molecule has 1 saturated heterocycles. The third-order valence-electron chi connectivity index (χ3n) is 3.50. The molecule has 1 unspecified atom stereocenters. The van der Waals surface area contributed by atoms with Gasteiger partial charge in [-0.15, -0.1) is 12.4 Å². The minimum atomic E-state index is -0.371. The fraction of sp³-hybridized carbons (Fsp3) is 0.312. The van der Waals surface area contributed by atoms with Gasteiger partial charge < -0.3 is 15.4 Å². The van der Waals surface area contributed by atoms with Crippen molar-refractivity contribution in [3.8, 4) is 0 Å². The van der Waals surface area contributed by atoms with Crippen LogP contribution in [0, 0.1) is 0 Å². The smallest absolute Gasteiger partial charge is 0.250 e. The second-order valence-electron chi connectivity index (χ2n) is 4.96. The topological polar surface area (TPSA) is 50.4 Å². The van der Waals surface area contributed by atoms with Crippen LogP contribution in [0.5, 0.6) is 0 Å². The van der Waals surface area contributed by atoms with Crippen molar-refractivity contribution in [3.05, 3.63) is 48.0 Å². The van der Waals surface area contributed by atoms with Crippen LogP contribution in [0.4, 0.5) is 0 Å². The Hall–Kier alpha value is -1.62. The summed E-state index contributed by atoms with van der Waals surface area (Å²) >= 11 is 0. The molecular formula is C16H19ClN2O2. The van der Waals surface area contributed by atoms with Crippen molar-refractivity contribution in [2.24, 2.45) is 0 Å². The number of halogens is 1. The van der Waals surface area contributed by atoms with E-state index in [0.717, 1.165) is 12.1 Å². The molecule has 1 atom stereocenters. The van der Waals surface area contributed by atoms with Gasteiger partial charge >= 0.3 is 0 Å². The van der Waals surface area contributed by atoms with Crippen LogP contribution < -0.4 is 10.6 Å². The molecule has 112 valence electrons. The van der Waals surface area contributed by atoms with E-state index < -0.39 is 0 Å². The zero-order valence-corrected chi connectivity index (χ0v) is 12.5. The first kappa shape index (κ1) is 15.8. The summed E-state index contributed by atoms with van der Waals surface area (Å²) in [6.07, 6.45) is -0.371. The first-order chi connectivity index (χ1) is 9.83. The van der Waals surface area contributed by atoms with Crippen LogP contribution in [0.25, 0.3) is 10.8 Å². The van der Waals surface area contributed by atoms with Crippen molar-refractivity contribution in [1.29, 1.82) is 0 Å². The molecule has 4 nitrogen and oxygen atoms in total. The van der Waals surface area contributed by atoms with Gasteiger partial charge in [-0.05, 0) is 22.4 Å². The number of fused-ring (bicyclic) bond motifs is 1. The van der Waals surface area contributed by atoms with Gasteiger partial charge in [0, 0.05) is 19.6 Å². The predicted octanol–water partition coefficient (Wildman–Crippen LogP) is 1.87. The van der Waals surface area contributed by atoms with E-state index >= 15 is 0 Å². The van der Waals surface area contributed by atoms with Crippen LogP contribution in [0.15, 0.2) is 42.5 Å². The SMILES string of the molecule is Cl.O=C(NCc1ccc2ccccc2c1)C1CNCCO1. The Labute approximate surface area is 130 Å². The number of nitrogens with one attached hydrogen (secondary N) is 2. The molecule has 3 rings (SSSR count). The highest BCUT2D eigenvalue weighted by Crippen LogP contribution is 2.15. The lowest BCUT2D eigenvalue weighted by Crippen LogP contribution is -2.47. The average molecular weight is 307 g/mol. The summed E-state index contributed by atoms with van der Waals surface area (Å²) in [6.45, 7) is 2.52. The van der Waals surface area contributed by atoms with E-state index in [1.54, 1.807) is 0 Å². The Morgan fingerprint density at radius 2 is 2.05 bits per heavy atom. The van der Waals surface area contributed by atoms with Crippen LogP contribution in [-0.2, 0) is 16.1 Å². The summed E-state index contributed by atoms with van der Waals surface area (Å²) in [5.74, 6) is -0.0506. The highest BCUT2D eigenvalue weighted by atomic mass is 35.5. The molecule has 21 heavy (non-hydrogen) atoms. The second-order valence-corrected chi connectivity index (χ2v) is 4.96. The van der Waals surface area contributed by atoms with Crippen LogP contribution in [0.2, 0.25) is 0 Å². The summed E-state index contributed by atoms with van der Waals surface area (Å²) in [5, 5.41) is 8.48. The van der Waals surface area contributed by atoms with Crippen molar-refractivity contribution < 1.29 is 9.53 Å². The van der Waals surface area contributed by atoms with Gasteiger partial charge in [-0.2, -0.15) is 0 Å². The van der Waals surface area contributed by atoms with Gasteiger partial charge in [-0.3, -0.25) is 4.79 Å². The Morgan fingerprint density at radius 3 is 2.81 bits per heavy atom. The van der Waals surface area contributed by atoms with E-state index in [1.165, 1.54) is 10.8 Å². The van der Waals surface area contributed by atoms with Crippen molar-refractivity contribution in [1.82, 2.24) is 10.6 Å². The Kier molecular flexibility index (Phi) is 5.56. The lowest BCUT2D eigenvalue weighted by Gasteiger charge is -2.22. The summed E-state index contributed by atoms with van der Waals surface area (Å²) in [4.78, 5) is 12.0. The number of rotatable bonds is 3. The number of carbonyl (C=O) groups is 1. The summed E-state index contributed by atoms with van der Waals surface area (Å²) in [6, 6.07) is 14.4. The fourth-order valence-electron chi connectivity index (χ4n) is 2.39. The predicted molar refractivity (Wildman–Crippen MR) is 85.7 cm³/mol. The minimum Gasteiger partial charge on any atom is -0.366 e. The van der Waals surface area contributed by atoms with Crippen molar-refractivity contribution >= 4 is 29.1 Å². The summed E-state index contributed by atoms with van der Waals surface area (Å²) < 4.78 is 5.42. The number of morpholine rings is 1. The number of amides is 1. The summed E-state index contributed by atoms with van der Waals surface area (Å²) in [7, 11) is 0. The first-order valence-corrected chi connectivity index (χ1v) is 6.91. The summed E-state index contributed by atoms with van der Waals surface area (Å²) in [5.41, 5.74) is 1.10. The lowest BCUT2D eigenvalue weighted by molar-refractivity contribution is -0.134. The zero-order valence-electron chi connectivity index (χ0n) is 11.7. The fourth-order valence-corrected chi connectivity index (χ4v) is 2.39. The molecule has 1 heterocycles. The largest absolute Gasteiger partial charge is 0.366 e. The maximum atomic E-state index is 12.0. The molecule has 0 saturated carbocycles. The monoisotopic (exact) mass is 306 g/mol. The highest BCUT2D eigenvalue weighted by Gasteiger charge is 2.21. The zero-order chi connectivity index (χ0) is 13.8. The van der Waals surface area contributed by atoms with Gasteiger partial charge in [0.15, 0.2) is 0 Å². The molecular weight excluding hydrogens is 288 g/mol. The van der Waals surface area contributed by atoms with E-state index in [4.69, 9.17) is 4.74 Å². The standard InChI is InChI=1S/C16H18N2O2.ClH/c19-16(15-11-17-7-8-20-15)18-10-12-5-6-13-3-1-2-4-14(13)9-12;/h1-6,9,15,17H,7-8,10-11H2,(H,18,19);1H. The molecule has 2 aromatic rings. The normalized spacial score (nSPS) is 18.0. The van der Waals surface area contributed by atoms with Gasteiger partial charge in [-0.1, -0.05) is 36.4 Å². The minimum absolute atomic E-state index is 0. The number of carbonyl (C=O) groups excluding carboxylic acids is 1. The molecule has 0 aromatic heterocycles. The quantitative estimate of drug-likeness (QED) is 0.910. The third-order valence-corrected chi connectivity index (χ3v) is 3.50. The number of hydrogen-bond donors (Lipinski definition) is 2. The third kappa shape index (κ3) is 3.94. The molecule has 1 amide bonds. The van der Waals surface area contributed by atoms with Crippen molar-refractivity contribution in [2.75, 3.05) is 19.7 Å². The van der Waals surface area contributed by atoms with Crippen LogP contribution in [0.3, 0.4) is 0 Å². The maximum Gasteiger partial charge on any atom is 0.250 e. The molecule has 0 aliphatic carbocycles. The van der Waals surface area contributed by atoms with Crippen LogP contribution >= 0.6 is 12.4 Å². The molecule has 1 aliphatic heterocycles. The van der Waals surface area contributed by atoms with Gasteiger partial charge in [-0.25, -0.2) is 0 Å². The number of benzene rings is 2. The molecule has 0 bridgehead atoms. The van der Waals surface area contributed by atoms with Gasteiger partial charge in [0.05, 0.1) is 6.61 Å². The average Bonchev–Trinajstić information content (AvgIpc) is 2.53. The second kappa shape index (κ2) is 7.41. The molecule has 1 aliphatic rings. The maximum absolute atomic E-state index is 12.0. The van der Waals surface area contributed by atoms with Gasteiger partial charge in [0.2, 0.25) is 0 Å². The van der Waals surface area contributed by atoms with Crippen molar-refractivity contribution in [3.63, 3.8) is 0 Å². The van der Waals surface area contributed by atoms with E-state index in [2.05, 4.69) is 34.9 Å². The van der Waals surface area contributed by atoms with Gasteiger partial charge in [0.1, 0.15) is 6.10 Å². The van der Waals surface area contributed by atoms with Crippen LogP contribution in [-0.4, -0.2) is 31.7 Å². The van der Waals surface area contributed by atoms with Crippen molar-refractivity contribution in [2.45, 2.75) is 12.6 Å². The van der Waals surface area contributed by atoms with E-state index in [0.29, 0.717) is 19.7 Å². The lowest BCUT2D eigenvalue weighted by atomic mass is 10.1. The van der Waals surface area contributed by atoms with Crippen LogP contribution in [0.1, 0.15) is 5.56 Å². The van der Waals surface area contributed by atoms with Gasteiger partial charge in [0.25, 0.3) is 5.91 Å². The molecule has 0 spiro atoms. The molecule has 5 heteroatoms. The molecule has 2 N–H and O–H groups in total. The Morgan fingerprint density at radius 1 is 1.24 bits per heavy atom.